The van der Waals surface area contributed by atoms with Crippen LogP contribution in [0, 0.1) is 11.8 Å². The standard InChI is InChI=1S/C17H24ClNO/c1-2-13-7-9-14(10-8-13)17(20)19-12-16-6-4-3-5-15(16)11-18/h7-10,15-16H,2-6,11-12H2,1H3,(H,19,20). The Hall–Kier alpha value is -1.02. The van der Waals surface area contributed by atoms with Crippen molar-refractivity contribution in [2.24, 2.45) is 11.8 Å². The third kappa shape index (κ3) is 3.99. The molecule has 2 unspecified atom stereocenters. The van der Waals surface area contributed by atoms with Gasteiger partial charge >= 0.3 is 0 Å². The van der Waals surface area contributed by atoms with Gasteiger partial charge in [-0.1, -0.05) is 31.9 Å². The van der Waals surface area contributed by atoms with Crippen molar-refractivity contribution in [1.82, 2.24) is 5.32 Å². The molecule has 0 heterocycles. The van der Waals surface area contributed by atoms with Crippen molar-refractivity contribution in [1.29, 1.82) is 0 Å². The minimum Gasteiger partial charge on any atom is -0.352 e. The summed E-state index contributed by atoms with van der Waals surface area (Å²) in [6.07, 6.45) is 5.93. The molecule has 0 aromatic heterocycles. The van der Waals surface area contributed by atoms with Crippen LogP contribution >= 0.6 is 11.6 Å². The minimum atomic E-state index is 0.0338. The Morgan fingerprint density at radius 1 is 1.20 bits per heavy atom. The fraction of sp³-hybridized carbons (Fsp3) is 0.588. The average Bonchev–Trinajstić information content (AvgIpc) is 2.53. The molecule has 0 spiro atoms. The molecule has 110 valence electrons. The Bertz CT molecular complexity index is 429. The van der Waals surface area contributed by atoms with Crippen molar-refractivity contribution in [2.75, 3.05) is 12.4 Å². The molecule has 1 aromatic rings. The highest BCUT2D eigenvalue weighted by Crippen LogP contribution is 2.30. The van der Waals surface area contributed by atoms with Crippen LogP contribution in [0.5, 0.6) is 0 Å². The first-order valence-corrected chi connectivity index (χ1v) is 8.21. The summed E-state index contributed by atoms with van der Waals surface area (Å²) in [6.45, 7) is 2.87. The number of hydrogen-bond donors (Lipinski definition) is 1. The highest BCUT2D eigenvalue weighted by Gasteiger charge is 2.24. The van der Waals surface area contributed by atoms with Gasteiger partial charge in [0.1, 0.15) is 0 Å². The molecular weight excluding hydrogens is 270 g/mol. The lowest BCUT2D eigenvalue weighted by molar-refractivity contribution is 0.0936. The van der Waals surface area contributed by atoms with Crippen molar-refractivity contribution in [3.63, 3.8) is 0 Å². The number of nitrogens with one attached hydrogen (secondary N) is 1. The van der Waals surface area contributed by atoms with Gasteiger partial charge < -0.3 is 5.32 Å². The van der Waals surface area contributed by atoms with Crippen LogP contribution < -0.4 is 5.32 Å². The fourth-order valence-electron chi connectivity index (χ4n) is 2.97. The van der Waals surface area contributed by atoms with Crippen LogP contribution in [0.2, 0.25) is 0 Å². The largest absolute Gasteiger partial charge is 0.352 e. The van der Waals surface area contributed by atoms with Crippen molar-refractivity contribution >= 4 is 17.5 Å². The summed E-state index contributed by atoms with van der Waals surface area (Å²) in [7, 11) is 0. The van der Waals surface area contributed by atoms with Crippen LogP contribution in [0.4, 0.5) is 0 Å². The monoisotopic (exact) mass is 293 g/mol. The molecule has 1 saturated carbocycles. The summed E-state index contributed by atoms with van der Waals surface area (Å²) in [5.41, 5.74) is 2.01. The number of rotatable bonds is 5. The minimum absolute atomic E-state index is 0.0338. The van der Waals surface area contributed by atoms with E-state index in [0.29, 0.717) is 17.7 Å². The second-order valence-electron chi connectivity index (χ2n) is 5.72. The lowest BCUT2D eigenvalue weighted by Crippen LogP contribution is -2.34. The number of hydrogen-bond acceptors (Lipinski definition) is 1. The van der Waals surface area contributed by atoms with E-state index in [2.05, 4.69) is 12.2 Å². The molecule has 0 bridgehead atoms. The van der Waals surface area contributed by atoms with E-state index in [1.54, 1.807) is 0 Å². The summed E-state index contributed by atoms with van der Waals surface area (Å²) in [5, 5.41) is 3.07. The van der Waals surface area contributed by atoms with Crippen molar-refractivity contribution in [2.45, 2.75) is 39.0 Å². The Kier molecular flexibility index (Phi) is 5.90. The lowest BCUT2D eigenvalue weighted by Gasteiger charge is -2.30. The van der Waals surface area contributed by atoms with Gasteiger partial charge in [-0.25, -0.2) is 0 Å². The van der Waals surface area contributed by atoms with Crippen molar-refractivity contribution in [3.05, 3.63) is 35.4 Å². The molecule has 2 rings (SSSR count). The number of alkyl halides is 1. The number of aryl methyl sites for hydroxylation is 1. The van der Waals surface area contributed by atoms with Gasteiger partial charge in [0.25, 0.3) is 5.91 Å². The van der Waals surface area contributed by atoms with E-state index < -0.39 is 0 Å². The van der Waals surface area contributed by atoms with E-state index in [4.69, 9.17) is 11.6 Å². The Balaban J connectivity index is 1.87. The van der Waals surface area contributed by atoms with Crippen LogP contribution in [0.25, 0.3) is 0 Å². The smallest absolute Gasteiger partial charge is 0.251 e. The van der Waals surface area contributed by atoms with Crippen LogP contribution in [-0.2, 0) is 6.42 Å². The molecule has 2 atom stereocenters. The van der Waals surface area contributed by atoms with Crippen LogP contribution in [0.1, 0.15) is 48.5 Å². The fourth-order valence-corrected chi connectivity index (χ4v) is 3.38. The topological polar surface area (TPSA) is 29.1 Å². The third-order valence-electron chi connectivity index (χ3n) is 4.41. The summed E-state index contributed by atoms with van der Waals surface area (Å²) < 4.78 is 0. The van der Waals surface area contributed by atoms with Gasteiger partial charge in [-0.05, 0) is 48.8 Å². The zero-order valence-corrected chi connectivity index (χ0v) is 13.0. The first kappa shape index (κ1) is 15.4. The van der Waals surface area contributed by atoms with Crippen LogP contribution in [0.15, 0.2) is 24.3 Å². The number of amides is 1. The molecule has 2 nitrogen and oxygen atoms in total. The van der Waals surface area contributed by atoms with E-state index in [1.165, 1.54) is 31.2 Å². The van der Waals surface area contributed by atoms with Gasteiger partial charge in [-0.3, -0.25) is 4.79 Å². The summed E-state index contributed by atoms with van der Waals surface area (Å²) in [5.74, 6) is 1.85. The molecule has 3 heteroatoms. The van der Waals surface area contributed by atoms with Gasteiger partial charge in [-0.15, -0.1) is 11.6 Å². The third-order valence-corrected chi connectivity index (χ3v) is 4.81. The predicted octanol–water partition coefficient (Wildman–Crippen LogP) is 4.02. The number of benzene rings is 1. The Labute approximate surface area is 126 Å². The number of carbonyl (C=O) groups is 1. The first-order chi connectivity index (χ1) is 9.74. The molecule has 1 fully saturated rings. The van der Waals surface area contributed by atoms with E-state index >= 15 is 0 Å². The zero-order chi connectivity index (χ0) is 14.4. The summed E-state index contributed by atoms with van der Waals surface area (Å²) in [4.78, 5) is 12.1. The van der Waals surface area contributed by atoms with Gasteiger partial charge in [0.15, 0.2) is 0 Å². The van der Waals surface area contributed by atoms with Gasteiger partial charge in [-0.2, -0.15) is 0 Å². The molecule has 1 aromatic carbocycles. The van der Waals surface area contributed by atoms with Crippen LogP contribution in [-0.4, -0.2) is 18.3 Å². The van der Waals surface area contributed by atoms with Crippen LogP contribution in [0.3, 0.4) is 0 Å². The van der Waals surface area contributed by atoms with E-state index in [1.807, 2.05) is 24.3 Å². The second-order valence-corrected chi connectivity index (χ2v) is 6.03. The van der Waals surface area contributed by atoms with Gasteiger partial charge in [0.2, 0.25) is 0 Å². The zero-order valence-electron chi connectivity index (χ0n) is 12.2. The SMILES string of the molecule is CCc1ccc(C(=O)NCC2CCCCC2CCl)cc1. The Morgan fingerprint density at radius 3 is 2.45 bits per heavy atom. The maximum atomic E-state index is 12.1. The Morgan fingerprint density at radius 2 is 1.85 bits per heavy atom. The molecule has 0 aliphatic heterocycles. The van der Waals surface area contributed by atoms with Gasteiger partial charge in [0.05, 0.1) is 0 Å². The maximum Gasteiger partial charge on any atom is 0.251 e. The first-order valence-electron chi connectivity index (χ1n) is 7.67. The summed E-state index contributed by atoms with van der Waals surface area (Å²) >= 11 is 6.03. The number of carbonyl (C=O) groups excluding carboxylic acids is 1. The van der Waals surface area contributed by atoms with Crippen molar-refractivity contribution < 1.29 is 4.79 Å². The van der Waals surface area contributed by atoms with E-state index in [-0.39, 0.29) is 5.91 Å². The predicted molar refractivity (Wildman–Crippen MR) is 84.3 cm³/mol. The molecule has 1 aliphatic carbocycles. The number of halogens is 1. The molecule has 1 amide bonds. The molecule has 20 heavy (non-hydrogen) atoms. The van der Waals surface area contributed by atoms with E-state index in [9.17, 15) is 4.79 Å². The highest BCUT2D eigenvalue weighted by atomic mass is 35.5. The van der Waals surface area contributed by atoms with Gasteiger partial charge in [0, 0.05) is 18.0 Å². The molecule has 1 aliphatic rings. The lowest BCUT2D eigenvalue weighted by atomic mass is 9.80. The average molecular weight is 294 g/mol. The van der Waals surface area contributed by atoms with Crippen molar-refractivity contribution in [3.8, 4) is 0 Å². The van der Waals surface area contributed by atoms with E-state index in [0.717, 1.165) is 18.5 Å². The quantitative estimate of drug-likeness (QED) is 0.816. The molecular formula is C17H24ClNO. The normalized spacial score (nSPS) is 22.5. The second kappa shape index (κ2) is 7.68. The molecule has 0 radical (unpaired) electrons. The summed E-state index contributed by atoms with van der Waals surface area (Å²) in [6, 6.07) is 7.87. The maximum absolute atomic E-state index is 12.1. The molecule has 0 saturated heterocycles. The molecule has 1 N–H and O–H groups in total. The highest BCUT2D eigenvalue weighted by molar-refractivity contribution is 6.18.